The molecule has 7 heteroatoms. The lowest BCUT2D eigenvalue weighted by Gasteiger charge is -2.05. The van der Waals surface area contributed by atoms with Gasteiger partial charge in [0.25, 0.3) is 5.56 Å². The zero-order valence-corrected chi connectivity index (χ0v) is 9.64. The topological polar surface area (TPSA) is 92.2 Å². The highest BCUT2D eigenvalue weighted by Gasteiger charge is 2.12. The summed E-state index contributed by atoms with van der Waals surface area (Å²) in [6, 6.07) is 6.17. The van der Waals surface area contributed by atoms with Crippen LogP contribution in [0.1, 0.15) is 10.4 Å². The Balaban J connectivity index is 2.68. The summed E-state index contributed by atoms with van der Waals surface area (Å²) in [7, 11) is 0. The van der Waals surface area contributed by atoms with E-state index in [4.69, 9.17) is 16.7 Å². The standard InChI is InChI=1S/C11H7ClN2O4/c12-6-1-3-7(4-2-6)14-5-8(10(16)17)9(15)13-11(14)18/h1-5H,(H,16,17)(H,13,15,18). The monoisotopic (exact) mass is 266 g/mol. The zero-order chi connectivity index (χ0) is 13.3. The van der Waals surface area contributed by atoms with Crippen molar-refractivity contribution < 1.29 is 9.90 Å². The lowest BCUT2D eigenvalue weighted by atomic mass is 10.3. The predicted molar refractivity (Wildman–Crippen MR) is 64.6 cm³/mol. The van der Waals surface area contributed by atoms with Gasteiger partial charge < -0.3 is 5.11 Å². The number of rotatable bonds is 2. The van der Waals surface area contributed by atoms with Gasteiger partial charge in [0.05, 0.1) is 5.69 Å². The summed E-state index contributed by atoms with van der Waals surface area (Å²) < 4.78 is 1.03. The summed E-state index contributed by atoms with van der Waals surface area (Å²) in [6.07, 6.45) is 0.979. The maximum atomic E-state index is 11.6. The molecule has 2 aromatic rings. The molecular formula is C11H7ClN2O4. The second-order valence-corrected chi connectivity index (χ2v) is 3.89. The van der Waals surface area contributed by atoms with Crippen LogP contribution in [0.15, 0.2) is 40.1 Å². The number of carboxylic acid groups (broad SMARTS) is 1. The minimum atomic E-state index is -1.40. The van der Waals surface area contributed by atoms with Crippen molar-refractivity contribution in [1.82, 2.24) is 9.55 Å². The number of hydrogen-bond acceptors (Lipinski definition) is 3. The van der Waals surface area contributed by atoms with Crippen LogP contribution in [0.2, 0.25) is 5.02 Å². The van der Waals surface area contributed by atoms with Crippen molar-refractivity contribution in [1.29, 1.82) is 0 Å². The van der Waals surface area contributed by atoms with E-state index in [2.05, 4.69) is 0 Å². The molecule has 0 aliphatic carbocycles. The van der Waals surface area contributed by atoms with Gasteiger partial charge in [-0.1, -0.05) is 11.6 Å². The minimum Gasteiger partial charge on any atom is -0.477 e. The summed E-state index contributed by atoms with van der Waals surface area (Å²) >= 11 is 5.71. The Morgan fingerprint density at radius 1 is 1.22 bits per heavy atom. The van der Waals surface area contributed by atoms with Crippen LogP contribution >= 0.6 is 11.6 Å². The van der Waals surface area contributed by atoms with Crippen LogP contribution in [0.5, 0.6) is 0 Å². The summed E-state index contributed by atoms with van der Waals surface area (Å²) in [5.74, 6) is -1.40. The normalized spacial score (nSPS) is 10.3. The molecule has 2 rings (SSSR count). The number of nitrogens with zero attached hydrogens (tertiary/aromatic N) is 1. The number of aromatic amines is 1. The molecule has 0 unspecified atom stereocenters. The fourth-order valence-corrected chi connectivity index (χ4v) is 1.54. The van der Waals surface area contributed by atoms with Crippen molar-refractivity contribution in [2.45, 2.75) is 0 Å². The molecule has 0 spiro atoms. The molecule has 18 heavy (non-hydrogen) atoms. The van der Waals surface area contributed by atoms with Gasteiger partial charge in [-0.2, -0.15) is 0 Å². The van der Waals surface area contributed by atoms with Gasteiger partial charge in [0, 0.05) is 11.2 Å². The van der Waals surface area contributed by atoms with Gasteiger partial charge in [-0.25, -0.2) is 9.59 Å². The summed E-state index contributed by atoms with van der Waals surface area (Å²) in [6.45, 7) is 0. The Bertz CT molecular complexity index is 715. The molecule has 0 saturated carbocycles. The molecule has 0 amide bonds. The van der Waals surface area contributed by atoms with E-state index in [0.29, 0.717) is 10.7 Å². The first-order valence-corrected chi connectivity index (χ1v) is 5.22. The fourth-order valence-electron chi connectivity index (χ4n) is 1.42. The number of aromatic nitrogens is 2. The number of hydrogen-bond donors (Lipinski definition) is 2. The number of halogens is 1. The van der Waals surface area contributed by atoms with Gasteiger partial charge in [-0.05, 0) is 24.3 Å². The Morgan fingerprint density at radius 2 is 1.83 bits per heavy atom. The number of aromatic carboxylic acids is 1. The van der Waals surface area contributed by atoms with Crippen molar-refractivity contribution in [3.05, 3.63) is 61.9 Å². The number of nitrogens with one attached hydrogen (secondary N) is 1. The van der Waals surface area contributed by atoms with Crippen molar-refractivity contribution in [3.63, 3.8) is 0 Å². The van der Waals surface area contributed by atoms with Crippen LogP contribution < -0.4 is 11.2 Å². The highest BCUT2D eigenvalue weighted by molar-refractivity contribution is 6.30. The summed E-state index contributed by atoms with van der Waals surface area (Å²) in [5.41, 5.74) is -1.75. The molecule has 0 aliphatic heterocycles. The van der Waals surface area contributed by atoms with E-state index in [1.807, 2.05) is 4.98 Å². The smallest absolute Gasteiger partial charge is 0.342 e. The van der Waals surface area contributed by atoms with E-state index in [9.17, 15) is 14.4 Å². The molecule has 1 heterocycles. The quantitative estimate of drug-likeness (QED) is 0.844. The van der Waals surface area contributed by atoms with Crippen LogP contribution in [0, 0.1) is 0 Å². The van der Waals surface area contributed by atoms with Crippen LogP contribution in [0.4, 0.5) is 0 Å². The lowest BCUT2D eigenvalue weighted by Crippen LogP contribution is -2.32. The van der Waals surface area contributed by atoms with Gasteiger partial charge in [0.2, 0.25) is 0 Å². The summed E-state index contributed by atoms with van der Waals surface area (Å²) in [4.78, 5) is 35.6. The molecule has 0 saturated heterocycles. The van der Waals surface area contributed by atoms with E-state index in [1.54, 1.807) is 12.1 Å². The molecule has 2 N–H and O–H groups in total. The largest absolute Gasteiger partial charge is 0.477 e. The van der Waals surface area contributed by atoms with Crippen LogP contribution in [-0.4, -0.2) is 20.6 Å². The molecule has 92 valence electrons. The Kier molecular flexibility index (Phi) is 3.03. The predicted octanol–water partition coefficient (Wildman–Crippen LogP) is 0.877. The number of carbonyl (C=O) groups is 1. The molecule has 1 aromatic carbocycles. The van der Waals surface area contributed by atoms with Crippen molar-refractivity contribution >= 4 is 17.6 Å². The average molecular weight is 267 g/mol. The number of carboxylic acids is 1. The third-order valence-electron chi connectivity index (χ3n) is 2.28. The van der Waals surface area contributed by atoms with E-state index in [0.717, 1.165) is 10.8 Å². The van der Waals surface area contributed by atoms with E-state index in [1.165, 1.54) is 12.1 Å². The van der Waals surface area contributed by atoms with Crippen molar-refractivity contribution in [2.24, 2.45) is 0 Å². The van der Waals surface area contributed by atoms with Gasteiger partial charge in [0.1, 0.15) is 5.56 Å². The highest BCUT2D eigenvalue weighted by Crippen LogP contribution is 2.11. The molecular weight excluding hydrogens is 260 g/mol. The molecule has 0 atom stereocenters. The third kappa shape index (κ3) is 2.18. The van der Waals surface area contributed by atoms with Crippen molar-refractivity contribution in [2.75, 3.05) is 0 Å². The molecule has 1 aromatic heterocycles. The third-order valence-corrected chi connectivity index (χ3v) is 2.53. The fraction of sp³-hybridized carbons (Fsp3) is 0. The molecule has 0 fully saturated rings. The SMILES string of the molecule is O=C(O)c1cn(-c2ccc(Cl)cc2)c(=O)[nH]c1=O. The van der Waals surface area contributed by atoms with Crippen LogP contribution in [0.3, 0.4) is 0 Å². The highest BCUT2D eigenvalue weighted by atomic mass is 35.5. The van der Waals surface area contributed by atoms with E-state index in [-0.39, 0.29) is 0 Å². The molecule has 0 aliphatic rings. The van der Waals surface area contributed by atoms with E-state index < -0.39 is 22.8 Å². The maximum absolute atomic E-state index is 11.6. The van der Waals surface area contributed by atoms with Crippen LogP contribution in [-0.2, 0) is 0 Å². The van der Waals surface area contributed by atoms with Gasteiger partial charge in [-0.15, -0.1) is 0 Å². The van der Waals surface area contributed by atoms with Gasteiger partial charge in [0.15, 0.2) is 0 Å². The Morgan fingerprint density at radius 3 is 2.39 bits per heavy atom. The second kappa shape index (κ2) is 4.50. The van der Waals surface area contributed by atoms with E-state index >= 15 is 0 Å². The maximum Gasteiger partial charge on any atom is 0.342 e. The van der Waals surface area contributed by atoms with Crippen LogP contribution in [0.25, 0.3) is 5.69 Å². The van der Waals surface area contributed by atoms with Gasteiger partial charge in [-0.3, -0.25) is 14.3 Å². The number of H-pyrrole nitrogens is 1. The first-order valence-electron chi connectivity index (χ1n) is 4.84. The van der Waals surface area contributed by atoms with Gasteiger partial charge >= 0.3 is 11.7 Å². The Hall–Kier alpha value is -2.34. The first kappa shape index (κ1) is 12.1. The zero-order valence-electron chi connectivity index (χ0n) is 8.88. The number of benzene rings is 1. The Labute approximate surface area is 105 Å². The first-order chi connectivity index (χ1) is 8.49. The molecule has 6 nitrogen and oxygen atoms in total. The molecule has 0 radical (unpaired) electrons. The second-order valence-electron chi connectivity index (χ2n) is 3.45. The average Bonchev–Trinajstić information content (AvgIpc) is 2.30. The summed E-state index contributed by atoms with van der Waals surface area (Å²) in [5, 5.41) is 9.30. The molecule has 0 bridgehead atoms. The lowest BCUT2D eigenvalue weighted by molar-refractivity contribution is 0.0694. The van der Waals surface area contributed by atoms with Crippen molar-refractivity contribution in [3.8, 4) is 5.69 Å². The minimum absolute atomic E-state index is 0.406.